The third-order valence-corrected chi connectivity index (χ3v) is 2.38. The molecule has 1 aliphatic heterocycles. The van der Waals surface area contributed by atoms with Crippen LogP contribution >= 0.6 is 24.8 Å². The highest BCUT2D eigenvalue weighted by atomic mass is 35.5. The van der Waals surface area contributed by atoms with E-state index in [0.717, 1.165) is 31.9 Å². The standard InChI is InChI=1S/C10H12N4.2ClH/c11-7-9-1-2-13-8-10(9)14-5-3-12-4-6-14;;/h1-2,8,12H,3-6H2;2*1H. The minimum Gasteiger partial charge on any atom is -0.367 e. The van der Waals surface area contributed by atoms with E-state index in [1.54, 1.807) is 18.5 Å². The SMILES string of the molecule is Cl.Cl.N#Cc1ccncc1N1CCNCC1. The Morgan fingerprint density at radius 3 is 2.62 bits per heavy atom. The number of piperazine rings is 1. The lowest BCUT2D eigenvalue weighted by Crippen LogP contribution is -2.43. The van der Waals surface area contributed by atoms with E-state index >= 15 is 0 Å². The van der Waals surface area contributed by atoms with Gasteiger partial charge in [-0.3, -0.25) is 4.98 Å². The quantitative estimate of drug-likeness (QED) is 0.825. The summed E-state index contributed by atoms with van der Waals surface area (Å²) in [6, 6.07) is 3.95. The molecular weight excluding hydrogens is 247 g/mol. The molecule has 0 amide bonds. The van der Waals surface area contributed by atoms with Crippen molar-refractivity contribution in [1.29, 1.82) is 5.26 Å². The molecule has 0 aliphatic carbocycles. The normalized spacial score (nSPS) is 14.3. The monoisotopic (exact) mass is 260 g/mol. The first-order valence-corrected chi connectivity index (χ1v) is 4.71. The predicted molar refractivity (Wildman–Crippen MR) is 68.5 cm³/mol. The van der Waals surface area contributed by atoms with Gasteiger partial charge in [0.1, 0.15) is 6.07 Å². The van der Waals surface area contributed by atoms with E-state index in [0.29, 0.717) is 5.56 Å². The second kappa shape index (κ2) is 7.29. The molecule has 88 valence electrons. The average molecular weight is 261 g/mol. The Labute approximate surface area is 107 Å². The zero-order chi connectivity index (χ0) is 9.80. The summed E-state index contributed by atoms with van der Waals surface area (Å²) in [5, 5.41) is 12.2. The molecule has 1 aromatic heterocycles. The van der Waals surface area contributed by atoms with Crippen molar-refractivity contribution in [2.24, 2.45) is 0 Å². The van der Waals surface area contributed by atoms with Crippen LogP contribution < -0.4 is 10.2 Å². The Kier molecular flexibility index (Phi) is 6.82. The summed E-state index contributed by atoms with van der Waals surface area (Å²) in [5.74, 6) is 0. The zero-order valence-electron chi connectivity index (χ0n) is 8.72. The predicted octanol–water partition coefficient (Wildman–Crippen LogP) is 1.21. The maximum Gasteiger partial charge on any atom is 0.101 e. The fourth-order valence-corrected chi connectivity index (χ4v) is 1.64. The summed E-state index contributed by atoms with van der Waals surface area (Å²) >= 11 is 0. The van der Waals surface area contributed by atoms with Crippen LogP contribution in [0.25, 0.3) is 0 Å². The van der Waals surface area contributed by atoms with E-state index < -0.39 is 0 Å². The Balaban J connectivity index is 0.00000112. The van der Waals surface area contributed by atoms with Gasteiger partial charge in [-0.25, -0.2) is 0 Å². The molecule has 4 nitrogen and oxygen atoms in total. The number of hydrogen-bond acceptors (Lipinski definition) is 4. The Bertz CT molecular complexity index is 358. The number of anilines is 1. The van der Waals surface area contributed by atoms with E-state index in [4.69, 9.17) is 5.26 Å². The first-order valence-electron chi connectivity index (χ1n) is 4.71. The van der Waals surface area contributed by atoms with Gasteiger partial charge in [-0.1, -0.05) is 0 Å². The van der Waals surface area contributed by atoms with Crippen molar-refractivity contribution < 1.29 is 0 Å². The van der Waals surface area contributed by atoms with Crippen molar-refractivity contribution in [3.8, 4) is 6.07 Å². The van der Waals surface area contributed by atoms with Gasteiger partial charge < -0.3 is 10.2 Å². The van der Waals surface area contributed by atoms with E-state index in [-0.39, 0.29) is 24.8 Å². The van der Waals surface area contributed by atoms with Crippen LogP contribution in [0.2, 0.25) is 0 Å². The van der Waals surface area contributed by atoms with E-state index in [1.807, 2.05) is 0 Å². The maximum absolute atomic E-state index is 8.93. The number of halogens is 2. The van der Waals surface area contributed by atoms with Crippen LogP contribution in [-0.2, 0) is 0 Å². The highest BCUT2D eigenvalue weighted by Gasteiger charge is 2.13. The number of aromatic nitrogens is 1. The van der Waals surface area contributed by atoms with Crippen molar-refractivity contribution in [3.63, 3.8) is 0 Å². The lowest BCUT2D eigenvalue weighted by atomic mass is 10.2. The van der Waals surface area contributed by atoms with Gasteiger partial charge in [0.2, 0.25) is 0 Å². The molecule has 0 aromatic carbocycles. The molecule has 6 heteroatoms. The van der Waals surface area contributed by atoms with E-state index in [2.05, 4.69) is 21.3 Å². The third-order valence-electron chi connectivity index (χ3n) is 2.38. The molecule has 1 aliphatic rings. The Hall–Kier alpha value is -1.02. The minimum atomic E-state index is 0. The molecule has 16 heavy (non-hydrogen) atoms. The Morgan fingerprint density at radius 1 is 1.31 bits per heavy atom. The molecule has 0 spiro atoms. The van der Waals surface area contributed by atoms with Gasteiger partial charge in [0, 0.05) is 32.4 Å². The largest absolute Gasteiger partial charge is 0.367 e. The summed E-state index contributed by atoms with van der Waals surface area (Å²) in [6.45, 7) is 3.83. The highest BCUT2D eigenvalue weighted by Crippen LogP contribution is 2.17. The molecule has 1 aromatic rings. The fraction of sp³-hybridized carbons (Fsp3) is 0.400. The molecule has 0 radical (unpaired) electrons. The van der Waals surface area contributed by atoms with Crippen molar-refractivity contribution in [2.45, 2.75) is 0 Å². The molecule has 2 rings (SSSR count). The summed E-state index contributed by atoms with van der Waals surface area (Å²) in [6.07, 6.45) is 3.42. The first-order chi connectivity index (χ1) is 6.92. The number of nitriles is 1. The van der Waals surface area contributed by atoms with Gasteiger partial charge in [0.25, 0.3) is 0 Å². The van der Waals surface area contributed by atoms with Crippen LogP contribution in [0.3, 0.4) is 0 Å². The molecular formula is C10H14Cl2N4. The van der Waals surface area contributed by atoms with Crippen molar-refractivity contribution in [1.82, 2.24) is 10.3 Å². The number of rotatable bonds is 1. The van der Waals surface area contributed by atoms with Crippen LogP contribution in [0, 0.1) is 11.3 Å². The van der Waals surface area contributed by atoms with Crippen LogP contribution in [-0.4, -0.2) is 31.2 Å². The van der Waals surface area contributed by atoms with E-state index in [1.165, 1.54) is 0 Å². The lowest BCUT2D eigenvalue weighted by molar-refractivity contribution is 0.588. The van der Waals surface area contributed by atoms with Crippen LogP contribution in [0.1, 0.15) is 5.56 Å². The van der Waals surface area contributed by atoms with Crippen LogP contribution in [0.4, 0.5) is 5.69 Å². The van der Waals surface area contributed by atoms with Gasteiger partial charge in [-0.15, -0.1) is 24.8 Å². The molecule has 0 atom stereocenters. The van der Waals surface area contributed by atoms with Gasteiger partial charge in [0.05, 0.1) is 17.4 Å². The topological polar surface area (TPSA) is 52.0 Å². The van der Waals surface area contributed by atoms with Gasteiger partial charge in [-0.2, -0.15) is 5.26 Å². The average Bonchev–Trinajstić information content (AvgIpc) is 2.30. The lowest BCUT2D eigenvalue weighted by Gasteiger charge is -2.29. The highest BCUT2D eigenvalue weighted by molar-refractivity contribution is 5.85. The first kappa shape index (κ1) is 15.0. The number of pyridine rings is 1. The van der Waals surface area contributed by atoms with Crippen molar-refractivity contribution >= 4 is 30.5 Å². The van der Waals surface area contributed by atoms with Crippen molar-refractivity contribution in [3.05, 3.63) is 24.0 Å². The molecule has 0 bridgehead atoms. The summed E-state index contributed by atoms with van der Waals surface area (Å²) in [5.41, 5.74) is 1.67. The molecule has 0 unspecified atom stereocenters. The zero-order valence-corrected chi connectivity index (χ0v) is 10.4. The summed E-state index contributed by atoms with van der Waals surface area (Å²) < 4.78 is 0. The molecule has 2 heterocycles. The molecule has 1 saturated heterocycles. The van der Waals surface area contributed by atoms with Gasteiger partial charge in [-0.05, 0) is 6.07 Å². The summed E-state index contributed by atoms with van der Waals surface area (Å²) in [4.78, 5) is 6.25. The number of hydrogen-bond donors (Lipinski definition) is 1. The van der Waals surface area contributed by atoms with Crippen LogP contribution in [0.5, 0.6) is 0 Å². The second-order valence-electron chi connectivity index (χ2n) is 3.24. The van der Waals surface area contributed by atoms with Crippen molar-refractivity contribution in [2.75, 3.05) is 31.1 Å². The maximum atomic E-state index is 8.93. The molecule has 1 N–H and O–H groups in total. The van der Waals surface area contributed by atoms with Crippen LogP contribution in [0.15, 0.2) is 18.5 Å². The minimum absolute atomic E-state index is 0. The van der Waals surface area contributed by atoms with Gasteiger partial charge in [0.15, 0.2) is 0 Å². The van der Waals surface area contributed by atoms with Gasteiger partial charge >= 0.3 is 0 Å². The third kappa shape index (κ3) is 3.24. The number of nitrogens with zero attached hydrogens (tertiary/aromatic N) is 3. The fourth-order valence-electron chi connectivity index (χ4n) is 1.64. The van der Waals surface area contributed by atoms with E-state index in [9.17, 15) is 0 Å². The smallest absolute Gasteiger partial charge is 0.101 e. The Morgan fingerprint density at radius 2 is 2.00 bits per heavy atom. The molecule has 0 saturated carbocycles. The second-order valence-corrected chi connectivity index (χ2v) is 3.24. The summed E-state index contributed by atoms with van der Waals surface area (Å²) in [7, 11) is 0. The molecule has 1 fully saturated rings. The number of nitrogens with one attached hydrogen (secondary N) is 1.